The molecule has 2 aromatic rings. The zero-order valence-electron chi connectivity index (χ0n) is 15.1. The van der Waals surface area contributed by atoms with Crippen LogP contribution in [0.4, 0.5) is 0 Å². The van der Waals surface area contributed by atoms with Crippen molar-refractivity contribution in [2.45, 2.75) is 25.9 Å². The molecule has 1 N–H and O–H groups in total. The van der Waals surface area contributed by atoms with Crippen molar-refractivity contribution in [1.29, 1.82) is 0 Å². The van der Waals surface area contributed by atoms with Crippen LogP contribution in [0.25, 0.3) is 11.0 Å². The van der Waals surface area contributed by atoms with Gasteiger partial charge in [-0.1, -0.05) is 0 Å². The second kappa shape index (κ2) is 8.20. The number of amides is 1. The van der Waals surface area contributed by atoms with E-state index in [1.165, 1.54) is 11.6 Å². The number of nitrogens with one attached hydrogen (secondary N) is 1. The smallest absolute Gasteiger partial charge is 0.332 e. The van der Waals surface area contributed by atoms with E-state index in [1.54, 1.807) is 24.1 Å². The van der Waals surface area contributed by atoms with E-state index in [2.05, 4.69) is 10.3 Å². The van der Waals surface area contributed by atoms with Gasteiger partial charge in [-0.05, 0) is 26.0 Å². The molecule has 0 saturated carbocycles. The van der Waals surface area contributed by atoms with Crippen molar-refractivity contribution in [3.8, 4) is 0 Å². The summed E-state index contributed by atoms with van der Waals surface area (Å²) in [4.78, 5) is 43.1. The fourth-order valence-electron chi connectivity index (χ4n) is 3.06. The highest BCUT2D eigenvalue weighted by Gasteiger charge is 2.29. The fourth-order valence-corrected chi connectivity index (χ4v) is 3.06. The molecule has 3 heterocycles. The maximum absolute atomic E-state index is 12.8. The summed E-state index contributed by atoms with van der Waals surface area (Å²) in [5.41, 5.74) is -0.408. The van der Waals surface area contributed by atoms with Gasteiger partial charge in [0, 0.05) is 39.3 Å². The summed E-state index contributed by atoms with van der Waals surface area (Å²) < 4.78 is 2.32. The van der Waals surface area contributed by atoms with E-state index in [4.69, 9.17) is 0 Å². The highest BCUT2D eigenvalue weighted by molar-refractivity contribution is 5.94. The molecule has 10 heteroatoms. The molecule has 1 aliphatic rings. The van der Waals surface area contributed by atoms with Gasteiger partial charge < -0.3 is 10.2 Å². The second-order valence-electron chi connectivity index (χ2n) is 6.26. The summed E-state index contributed by atoms with van der Waals surface area (Å²) in [6.07, 6.45) is 0. The molecule has 2 unspecified atom stereocenters. The molecule has 8 nitrogen and oxygen atoms in total. The van der Waals surface area contributed by atoms with Crippen molar-refractivity contribution in [1.82, 2.24) is 24.3 Å². The number of carbonyl (C=O) groups excluding carboxylic acids is 1. The Kier molecular flexibility index (Phi) is 6.98. The van der Waals surface area contributed by atoms with Gasteiger partial charge in [0.2, 0.25) is 0 Å². The Bertz CT molecular complexity index is 940. The van der Waals surface area contributed by atoms with Crippen molar-refractivity contribution in [2.24, 2.45) is 14.1 Å². The van der Waals surface area contributed by atoms with Crippen molar-refractivity contribution in [3.63, 3.8) is 0 Å². The summed E-state index contributed by atoms with van der Waals surface area (Å²) in [7, 11) is 2.97. The first-order valence-electron chi connectivity index (χ1n) is 7.94. The van der Waals surface area contributed by atoms with E-state index >= 15 is 0 Å². The topological polar surface area (TPSA) is 89.2 Å². The molecule has 1 fully saturated rings. The Balaban J connectivity index is 0.00000169. The Morgan fingerprint density at radius 2 is 1.81 bits per heavy atom. The van der Waals surface area contributed by atoms with Crippen LogP contribution in [0.2, 0.25) is 0 Å². The summed E-state index contributed by atoms with van der Waals surface area (Å²) in [5, 5.41) is 3.64. The molecular formula is C16H23Cl2N5O3. The highest BCUT2D eigenvalue weighted by atomic mass is 35.5. The average Bonchev–Trinajstić information content (AvgIpc) is 2.59. The molecule has 0 bridgehead atoms. The summed E-state index contributed by atoms with van der Waals surface area (Å²) in [6, 6.07) is 3.35. The van der Waals surface area contributed by atoms with Crippen LogP contribution in [0.3, 0.4) is 0 Å². The molecule has 0 aliphatic carbocycles. The molecule has 26 heavy (non-hydrogen) atoms. The minimum Gasteiger partial charge on any atom is -0.332 e. The van der Waals surface area contributed by atoms with Crippen LogP contribution in [0, 0.1) is 0 Å². The van der Waals surface area contributed by atoms with Crippen LogP contribution < -0.4 is 16.6 Å². The third-order valence-corrected chi connectivity index (χ3v) is 4.82. The lowest BCUT2D eigenvalue weighted by Gasteiger charge is -2.38. The zero-order chi connectivity index (χ0) is 17.6. The van der Waals surface area contributed by atoms with Gasteiger partial charge in [-0.15, -0.1) is 24.8 Å². The number of piperazine rings is 1. The highest BCUT2D eigenvalue weighted by Crippen LogP contribution is 2.14. The third kappa shape index (κ3) is 3.49. The van der Waals surface area contributed by atoms with E-state index in [0.29, 0.717) is 11.9 Å². The molecule has 0 aromatic carbocycles. The summed E-state index contributed by atoms with van der Waals surface area (Å²) in [5.74, 6) is -0.189. The van der Waals surface area contributed by atoms with Crippen LogP contribution in [-0.2, 0) is 14.1 Å². The number of pyridine rings is 1. The van der Waals surface area contributed by atoms with Gasteiger partial charge in [-0.2, -0.15) is 0 Å². The number of nitrogens with zero attached hydrogens (tertiary/aromatic N) is 4. The van der Waals surface area contributed by atoms with Crippen LogP contribution >= 0.6 is 24.8 Å². The number of rotatable bonds is 1. The number of halogens is 2. The first kappa shape index (κ1) is 22.1. The third-order valence-electron chi connectivity index (χ3n) is 4.82. The maximum Gasteiger partial charge on any atom is 0.332 e. The monoisotopic (exact) mass is 403 g/mol. The molecule has 1 aliphatic heterocycles. The zero-order valence-corrected chi connectivity index (χ0v) is 16.7. The normalized spacial score (nSPS) is 19.6. The second-order valence-corrected chi connectivity index (χ2v) is 6.26. The number of aryl methyl sites for hydroxylation is 1. The van der Waals surface area contributed by atoms with Crippen LogP contribution in [0.1, 0.15) is 24.3 Å². The molecule has 2 atom stereocenters. The predicted octanol–water partition coefficient (Wildman–Crippen LogP) is 0.298. The lowest BCUT2D eigenvalue weighted by molar-refractivity contribution is 0.0597. The van der Waals surface area contributed by atoms with E-state index in [0.717, 1.165) is 11.1 Å². The van der Waals surface area contributed by atoms with Gasteiger partial charge in [0.05, 0.1) is 5.39 Å². The first-order valence-corrected chi connectivity index (χ1v) is 7.94. The van der Waals surface area contributed by atoms with E-state index in [1.807, 2.05) is 13.8 Å². The van der Waals surface area contributed by atoms with E-state index in [-0.39, 0.29) is 54.1 Å². The Hall–Kier alpha value is -1.90. The number of hydrogen-bond acceptors (Lipinski definition) is 5. The van der Waals surface area contributed by atoms with Gasteiger partial charge in [0.25, 0.3) is 11.5 Å². The molecule has 0 spiro atoms. The SMILES string of the molecule is CC1NCCN(C(=O)c2ccc3c(=O)n(C)c(=O)n(C)c3n2)C1C.Cl.Cl. The lowest BCUT2D eigenvalue weighted by atomic mass is 10.1. The van der Waals surface area contributed by atoms with Gasteiger partial charge in [0.1, 0.15) is 11.3 Å². The Morgan fingerprint density at radius 3 is 2.46 bits per heavy atom. The van der Waals surface area contributed by atoms with Gasteiger partial charge in [-0.3, -0.25) is 18.7 Å². The summed E-state index contributed by atoms with van der Waals surface area (Å²) >= 11 is 0. The largest absolute Gasteiger partial charge is 0.332 e. The van der Waals surface area contributed by atoms with Gasteiger partial charge >= 0.3 is 5.69 Å². The van der Waals surface area contributed by atoms with Crippen molar-refractivity contribution in [3.05, 3.63) is 38.7 Å². The number of hydrogen-bond donors (Lipinski definition) is 1. The molecule has 1 amide bonds. The van der Waals surface area contributed by atoms with Crippen LogP contribution in [-0.4, -0.2) is 50.1 Å². The minimum atomic E-state index is -0.464. The van der Waals surface area contributed by atoms with E-state index < -0.39 is 11.2 Å². The average molecular weight is 404 g/mol. The molecule has 0 radical (unpaired) electrons. The predicted molar refractivity (Wildman–Crippen MR) is 105 cm³/mol. The fraction of sp³-hybridized carbons (Fsp3) is 0.500. The number of aromatic nitrogens is 3. The van der Waals surface area contributed by atoms with Crippen molar-refractivity contribution < 1.29 is 4.79 Å². The van der Waals surface area contributed by atoms with Crippen molar-refractivity contribution in [2.75, 3.05) is 13.1 Å². The van der Waals surface area contributed by atoms with E-state index in [9.17, 15) is 14.4 Å². The lowest BCUT2D eigenvalue weighted by Crippen LogP contribution is -2.57. The number of fused-ring (bicyclic) bond motifs is 1. The van der Waals surface area contributed by atoms with Crippen molar-refractivity contribution >= 4 is 41.8 Å². The van der Waals surface area contributed by atoms with Crippen LogP contribution in [0.15, 0.2) is 21.7 Å². The Labute approximate surface area is 163 Å². The standard InChI is InChI=1S/C16H21N5O3.2ClH/c1-9-10(2)21(8-7-17-9)15(23)12-6-5-11-13(18-12)19(3)16(24)20(4)14(11)22;;/h5-6,9-10,17H,7-8H2,1-4H3;2*1H. The summed E-state index contributed by atoms with van der Waals surface area (Å²) in [6.45, 7) is 5.34. The van der Waals surface area contributed by atoms with Gasteiger partial charge in [0.15, 0.2) is 0 Å². The molecular weight excluding hydrogens is 381 g/mol. The van der Waals surface area contributed by atoms with Gasteiger partial charge in [-0.25, -0.2) is 9.78 Å². The quantitative estimate of drug-likeness (QED) is 0.739. The minimum absolute atomic E-state index is 0. The molecule has 1 saturated heterocycles. The molecule has 144 valence electrons. The van der Waals surface area contributed by atoms with Crippen LogP contribution in [0.5, 0.6) is 0 Å². The first-order chi connectivity index (χ1) is 11.3. The number of carbonyl (C=O) groups is 1. The Morgan fingerprint density at radius 1 is 1.15 bits per heavy atom. The maximum atomic E-state index is 12.8. The molecule has 3 rings (SSSR count). The molecule has 2 aromatic heterocycles.